The van der Waals surface area contributed by atoms with Crippen molar-refractivity contribution in [1.29, 1.82) is 5.26 Å². The third-order valence-electron chi connectivity index (χ3n) is 1.80. The molecule has 0 bridgehead atoms. The van der Waals surface area contributed by atoms with Gasteiger partial charge in [-0.05, 0) is 17.7 Å². The fourth-order valence-electron chi connectivity index (χ4n) is 1.06. The van der Waals surface area contributed by atoms with Crippen molar-refractivity contribution >= 4 is 17.3 Å². The number of nitrogens with one attached hydrogen (secondary N) is 1. The summed E-state index contributed by atoms with van der Waals surface area (Å²) in [6.45, 7) is 0. The number of nitrogens with zero attached hydrogens (tertiary/aromatic N) is 1. The van der Waals surface area contributed by atoms with Gasteiger partial charge in [0.1, 0.15) is 5.38 Å². The highest BCUT2D eigenvalue weighted by Crippen LogP contribution is 2.11. The Morgan fingerprint density at radius 3 is 2.54 bits per heavy atom. The van der Waals surface area contributed by atoms with E-state index < -0.39 is 5.38 Å². The molecule has 1 rings (SSSR count). The summed E-state index contributed by atoms with van der Waals surface area (Å²) in [4.78, 5) is 0. The monoisotopic (exact) mass is 194 g/mol. The maximum Gasteiger partial charge on any atom is 0.124 e. The van der Waals surface area contributed by atoms with Crippen LogP contribution in [0.1, 0.15) is 5.56 Å². The summed E-state index contributed by atoms with van der Waals surface area (Å²) in [5.41, 5.74) is 2.15. The topological polar surface area (TPSA) is 35.8 Å². The molecule has 0 amide bonds. The average molecular weight is 195 g/mol. The Bertz CT molecular complexity index is 300. The zero-order chi connectivity index (χ0) is 9.68. The van der Waals surface area contributed by atoms with Gasteiger partial charge in [-0.15, -0.1) is 11.6 Å². The first-order valence-corrected chi connectivity index (χ1v) is 4.50. The van der Waals surface area contributed by atoms with E-state index in [0.717, 1.165) is 11.3 Å². The summed E-state index contributed by atoms with van der Waals surface area (Å²) in [5, 5.41) is 11.1. The first-order valence-electron chi connectivity index (χ1n) is 4.06. The van der Waals surface area contributed by atoms with Gasteiger partial charge in [-0.1, -0.05) is 12.1 Å². The molecule has 0 aliphatic rings. The number of benzene rings is 1. The molecule has 1 aromatic rings. The van der Waals surface area contributed by atoms with Crippen molar-refractivity contribution in [3.05, 3.63) is 29.8 Å². The van der Waals surface area contributed by atoms with Crippen LogP contribution in [0.2, 0.25) is 0 Å². The third-order valence-corrected chi connectivity index (χ3v) is 2.05. The summed E-state index contributed by atoms with van der Waals surface area (Å²) >= 11 is 5.70. The number of nitriles is 1. The fraction of sp³-hybridized carbons (Fsp3) is 0.300. The lowest BCUT2D eigenvalue weighted by atomic mass is 10.1. The number of hydrogen-bond acceptors (Lipinski definition) is 2. The summed E-state index contributed by atoms with van der Waals surface area (Å²) in [6.07, 6.45) is 0.599. The van der Waals surface area contributed by atoms with Crippen LogP contribution in [0.3, 0.4) is 0 Å². The van der Waals surface area contributed by atoms with E-state index in [9.17, 15) is 0 Å². The normalized spacial score (nSPS) is 11.8. The molecule has 0 heterocycles. The van der Waals surface area contributed by atoms with E-state index in [-0.39, 0.29) is 0 Å². The van der Waals surface area contributed by atoms with Gasteiger partial charge in [-0.25, -0.2) is 0 Å². The maximum atomic E-state index is 8.50. The van der Waals surface area contributed by atoms with Crippen LogP contribution in [0, 0.1) is 11.3 Å². The van der Waals surface area contributed by atoms with Crippen LogP contribution in [0.5, 0.6) is 0 Å². The highest BCUT2D eigenvalue weighted by Gasteiger charge is 2.02. The SMILES string of the molecule is CNc1ccc(CC(Cl)C#N)cc1. The number of halogens is 1. The molecule has 3 heteroatoms. The molecular weight excluding hydrogens is 184 g/mol. The van der Waals surface area contributed by atoms with E-state index in [4.69, 9.17) is 16.9 Å². The second-order valence-electron chi connectivity index (χ2n) is 2.75. The molecule has 0 saturated heterocycles. The lowest BCUT2D eigenvalue weighted by Crippen LogP contribution is -1.99. The molecule has 2 nitrogen and oxygen atoms in total. The van der Waals surface area contributed by atoms with Crippen LogP contribution in [-0.4, -0.2) is 12.4 Å². The minimum absolute atomic E-state index is 0.430. The van der Waals surface area contributed by atoms with Crippen molar-refractivity contribution < 1.29 is 0 Å². The summed E-state index contributed by atoms with van der Waals surface area (Å²) in [7, 11) is 1.87. The first-order chi connectivity index (χ1) is 6.26. The zero-order valence-corrected chi connectivity index (χ0v) is 8.17. The Labute approximate surface area is 83.1 Å². The van der Waals surface area contributed by atoms with Crippen LogP contribution in [0.25, 0.3) is 0 Å². The Hall–Kier alpha value is -1.20. The Balaban J connectivity index is 2.65. The summed E-state index contributed by atoms with van der Waals surface area (Å²) < 4.78 is 0. The van der Waals surface area contributed by atoms with E-state index in [1.807, 2.05) is 37.4 Å². The van der Waals surface area contributed by atoms with E-state index in [2.05, 4.69) is 5.32 Å². The molecule has 68 valence electrons. The van der Waals surface area contributed by atoms with Gasteiger partial charge in [-0.2, -0.15) is 5.26 Å². The molecule has 1 atom stereocenters. The smallest absolute Gasteiger partial charge is 0.124 e. The molecule has 1 aromatic carbocycles. The van der Waals surface area contributed by atoms with E-state index in [0.29, 0.717) is 6.42 Å². The summed E-state index contributed by atoms with van der Waals surface area (Å²) in [6, 6.07) is 9.87. The van der Waals surface area contributed by atoms with Gasteiger partial charge in [0.25, 0.3) is 0 Å². The Morgan fingerprint density at radius 1 is 1.46 bits per heavy atom. The van der Waals surface area contributed by atoms with Crippen molar-refractivity contribution in [3.63, 3.8) is 0 Å². The molecule has 0 saturated carbocycles. The number of rotatable bonds is 3. The molecule has 0 spiro atoms. The lowest BCUT2D eigenvalue weighted by Gasteiger charge is -2.03. The van der Waals surface area contributed by atoms with Gasteiger partial charge in [-0.3, -0.25) is 0 Å². The highest BCUT2D eigenvalue weighted by molar-refractivity contribution is 6.22. The zero-order valence-electron chi connectivity index (χ0n) is 7.42. The van der Waals surface area contributed by atoms with Gasteiger partial charge < -0.3 is 5.32 Å². The van der Waals surface area contributed by atoms with Crippen molar-refractivity contribution in [2.45, 2.75) is 11.8 Å². The van der Waals surface area contributed by atoms with Crippen LogP contribution >= 0.6 is 11.6 Å². The molecule has 1 unspecified atom stereocenters. The minimum atomic E-state index is -0.430. The van der Waals surface area contributed by atoms with Gasteiger partial charge in [0.15, 0.2) is 0 Å². The Kier molecular flexibility index (Phi) is 3.60. The van der Waals surface area contributed by atoms with Crippen LogP contribution < -0.4 is 5.32 Å². The van der Waals surface area contributed by atoms with E-state index in [1.54, 1.807) is 0 Å². The standard InChI is InChI=1S/C10H11ClN2/c1-13-10-4-2-8(3-5-10)6-9(11)7-12/h2-5,9,13H,6H2,1H3. The van der Waals surface area contributed by atoms with Gasteiger partial charge in [0.2, 0.25) is 0 Å². The number of anilines is 1. The molecule has 1 N–H and O–H groups in total. The first kappa shape index (κ1) is 9.88. The van der Waals surface area contributed by atoms with Gasteiger partial charge in [0.05, 0.1) is 6.07 Å². The van der Waals surface area contributed by atoms with Crippen molar-refractivity contribution in [2.75, 3.05) is 12.4 Å². The van der Waals surface area contributed by atoms with Crippen molar-refractivity contribution in [3.8, 4) is 6.07 Å². The molecule has 0 fully saturated rings. The minimum Gasteiger partial charge on any atom is -0.388 e. The van der Waals surface area contributed by atoms with Crippen LogP contribution in [0.4, 0.5) is 5.69 Å². The number of alkyl halides is 1. The molecule has 0 aliphatic carbocycles. The second-order valence-corrected chi connectivity index (χ2v) is 3.27. The van der Waals surface area contributed by atoms with Crippen LogP contribution in [0.15, 0.2) is 24.3 Å². The maximum absolute atomic E-state index is 8.50. The van der Waals surface area contributed by atoms with Gasteiger partial charge >= 0.3 is 0 Å². The molecule has 0 aliphatic heterocycles. The van der Waals surface area contributed by atoms with Crippen molar-refractivity contribution in [2.24, 2.45) is 0 Å². The highest BCUT2D eigenvalue weighted by atomic mass is 35.5. The molecule has 0 radical (unpaired) electrons. The predicted molar refractivity (Wildman–Crippen MR) is 54.9 cm³/mol. The fourth-order valence-corrected chi connectivity index (χ4v) is 1.24. The van der Waals surface area contributed by atoms with E-state index >= 15 is 0 Å². The quantitative estimate of drug-likeness (QED) is 0.751. The largest absolute Gasteiger partial charge is 0.388 e. The summed E-state index contributed by atoms with van der Waals surface area (Å²) in [5.74, 6) is 0. The van der Waals surface area contributed by atoms with Crippen LogP contribution in [-0.2, 0) is 6.42 Å². The molecule has 0 aromatic heterocycles. The van der Waals surface area contributed by atoms with Crippen molar-refractivity contribution in [1.82, 2.24) is 0 Å². The average Bonchev–Trinajstić information content (AvgIpc) is 2.19. The van der Waals surface area contributed by atoms with E-state index in [1.165, 1.54) is 0 Å². The second kappa shape index (κ2) is 4.74. The lowest BCUT2D eigenvalue weighted by molar-refractivity contribution is 1.02. The predicted octanol–water partition coefficient (Wildman–Crippen LogP) is 2.40. The molecular formula is C10H11ClN2. The Morgan fingerprint density at radius 2 is 2.08 bits per heavy atom. The molecule has 13 heavy (non-hydrogen) atoms. The number of hydrogen-bond donors (Lipinski definition) is 1. The van der Waals surface area contributed by atoms with Gasteiger partial charge in [0, 0.05) is 19.2 Å². The third kappa shape index (κ3) is 2.96.